The third kappa shape index (κ3) is 3.40. The van der Waals surface area contributed by atoms with E-state index >= 15 is 0 Å². The lowest BCUT2D eigenvalue weighted by atomic mass is 10.2. The van der Waals surface area contributed by atoms with Crippen LogP contribution in [0.5, 0.6) is 17.2 Å². The van der Waals surface area contributed by atoms with Crippen molar-refractivity contribution in [3.05, 3.63) is 103 Å². The van der Waals surface area contributed by atoms with Crippen LogP contribution < -0.4 is 4.74 Å². The topological polar surface area (TPSA) is 47.3 Å². The number of ether oxygens (including phenoxy) is 1. The van der Waals surface area contributed by atoms with E-state index in [1.165, 1.54) is 5.56 Å². The molecule has 0 fully saturated rings. The van der Waals surface area contributed by atoms with Gasteiger partial charge in [0.25, 0.3) is 0 Å². The first-order valence-corrected chi connectivity index (χ1v) is 9.79. The molecule has 1 heterocycles. The van der Waals surface area contributed by atoms with Gasteiger partial charge in [0.05, 0.1) is 11.0 Å². The quantitative estimate of drug-likeness (QED) is 0.380. The number of hydrogen-bond donors (Lipinski definition) is 1. The van der Waals surface area contributed by atoms with Gasteiger partial charge in [0, 0.05) is 17.3 Å². The molecule has 0 bridgehead atoms. The third-order valence-corrected chi connectivity index (χ3v) is 5.02. The van der Waals surface area contributed by atoms with Crippen molar-refractivity contribution < 1.29 is 9.84 Å². The van der Waals surface area contributed by atoms with Gasteiger partial charge in [-0.2, -0.15) is 0 Å². The Balaban J connectivity index is 1.67. The first-order chi connectivity index (χ1) is 14.7. The fourth-order valence-corrected chi connectivity index (χ4v) is 3.50. The van der Waals surface area contributed by atoms with Crippen molar-refractivity contribution in [1.29, 1.82) is 0 Å². The minimum Gasteiger partial charge on any atom is -0.508 e. The van der Waals surface area contributed by atoms with Gasteiger partial charge in [-0.1, -0.05) is 48.0 Å². The fraction of sp³-hybridized carbons (Fsp3) is 0.0385. The summed E-state index contributed by atoms with van der Waals surface area (Å²) in [4.78, 5) is 4.92. The Morgan fingerprint density at radius 2 is 1.47 bits per heavy atom. The van der Waals surface area contributed by atoms with Crippen molar-refractivity contribution in [2.75, 3.05) is 0 Å². The largest absolute Gasteiger partial charge is 0.508 e. The number of imidazole rings is 1. The molecule has 4 heteroatoms. The molecule has 0 aliphatic heterocycles. The van der Waals surface area contributed by atoms with Gasteiger partial charge >= 0.3 is 0 Å². The molecule has 0 aliphatic carbocycles. The maximum atomic E-state index is 9.49. The summed E-state index contributed by atoms with van der Waals surface area (Å²) in [6.07, 6.45) is 0. The van der Waals surface area contributed by atoms with E-state index in [1.54, 1.807) is 24.3 Å². The van der Waals surface area contributed by atoms with Crippen molar-refractivity contribution in [3.63, 3.8) is 0 Å². The van der Waals surface area contributed by atoms with Crippen molar-refractivity contribution in [2.45, 2.75) is 6.92 Å². The SMILES string of the molecule is Cc1ccc(-n2c(-c3ccccc3)nc3ccc(Oc4ccc(O)cc4)cc32)cc1. The summed E-state index contributed by atoms with van der Waals surface area (Å²) in [6.45, 7) is 2.08. The maximum absolute atomic E-state index is 9.49. The Morgan fingerprint density at radius 1 is 0.767 bits per heavy atom. The molecule has 0 atom stereocenters. The average Bonchev–Trinajstić information content (AvgIpc) is 3.15. The van der Waals surface area contributed by atoms with Crippen molar-refractivity contribution >= 4 is 11.0 Å². The van der Waals surface area contributed by atoms with Gasteiger partial charge in [0.15, 0.2) is 0 Å². The van der Waals surface area contributed by atoms with Gasteiger partial charge in [0.1, 0.15) is 23.1 Å². The molecule has 0 radical (unpaired) electrons. The number of nitrogens with zero attached hydrogens (tertiary/aromatic N) is 2. The van der Waals surface area contributed by atoms with Gasteiger partial charge in [-0.15, -0.1) is 0 Å². The van der Waals surface area contributed by atoms with E-state index in [0.717, 1.165) is 28.1 Å². The summed E-state index contributed by atoms with van der Waals surface area (Å²) in [5.74, 6) is 2.47. The molecule has 0 aliphatic rings. The van der Waals surface area contributed by atoms with Crippen molar-refractivity contribution in [2.24, 2.45) is 0 Å². The summed E-state index contributed by atoms with van der Waals surface area (Å²) in [5, 5.41) is 9.49. The Morgan fingerprint density at radius 3 is 2.20 bits per heavy atom. The number of hydrogen-bond acceptors (Lipinski definition) is 3. The summed E-state index contributed by atoms with van der Waals surface area (Å²) in [5.41, 5.74) is 5.17. The van der Waals surface area contributed by atoms with Crippen LogP contribution in [0.1, 0.15) is 5.56 Å². The van der Waals surface area contributed by atoms with E-state index in [2.05, 4.69) is 47.9 Å². The number of rotatable bonds is 4. The second kappa shape index (κ2) is 7.41. The van der Waals surface area contributed by atoms with Crippen molar-refractivity contribution in [3.8, 4) is 34.3 Å². The lowest BCUT2D eigenvalue weighted by Crippen LogP contribution is -1.97. The molecule has 30 heavy (non-hydrogen) atoms. The number of phenolic OH excluding ortho intramolecular Hbond substituents is 1. The highest BCUT2D eigenvalue weighted by Crippen LogP contribution is 2.32. The minimum absolute atomic E-state index is 0.211. The van der Waals surface area contributed by atoms with Crippen LogP contribution in [0.3, 0.4) is 0 Å². The van der Waals surface area contributed by atoms with E-state index in [4.69, 9.17) is 9.72 Å². The Hall–Kier alpha value is -4.05. The highest BCUT2D eigenvalue weighted by Gasteiger charge is 2.15. The monoisotopic (exact) mass is 392 g/mol. The zero-order chi connectivity index (χ0) is 20.5. The van der Waals surface area contributed by atoms with Gasteiger partial charge < -0.3 is 9.84 Å². The second-order valence-corrected chi connectivity index (χ2v) is 7.22. The lowest BCUT2D eigenvalue weighted by molar-refractivity contribution is 0.464. The van der Waals surface area contributed by atoms with Gasteiger partial charge in [-0.25, -0.2) is 4.98 Å². The van der Waals surface area contributed by atoms with Gasteiger partial charge in [-0.3, -0.25) is 4.57 Å². The van der Waals surface area contributed by atoms with Crippen LogP contribution in [-0.2, 0) is 0 Å². The molecule has 4 nitrogen and oxygen atoms in total. The summed E-state index contributed by atoms with van der Waals surface area (Å²) < 4.78 is 8.17. The predicted molar refractivity (Wildman–Crippen MR) is 119 cm³/mol. The molecule has 0 spiro atoms. The number of aromatic hydroxyl groups is 1. The average molecular weight is 392 g/mol. The summed E-state index contributed by atoms with van der Waals surface area (Å²) in [6, 6.07) is 31.2. The molecule has 0 saturated carbocycles. The molecular weight excluding hydrogens is 372 g/mol. The van der Waals surface area contributed by atoms with Crippen molar-refractivity contribution in [1.82, 2.24) is 9.55 Å². The number of phenols is 1. The van der Waals surface area contributed by atoms with E-state index in [0.29, 0.717) is 11.5 Å². The molecule has 1 aromatic heterocycles. The predicted octanol–water partition coefficient (Wildman–Crippen LogP) is 6.50. The molecule has 146 valence electrons. The zero-order valence-electron chi connectivity index (χ0n) is 16.5. The van der Waals surface area contributed by atoms with E-state index < -0.39 is 0 Å². The fourth-order valence-electron chi connectivity index (χ4n) is 3.50. The van der Waals surface area contributed by atoms with Crippen LogP contribution in [0.25, 0.3) is 28.1 Å². The molecule has 5 rings (SSSR count). The second-order valence-electron chi connectivity index (χ2n) is 7.22. The van der Waals surface area contributed by atoms with Gasteiger partial charge in [0.2, 0.25) is 0 Å². The van der Waals surface area contributed by atoms with Crippen LogP contribution in [0, 0.1) is 6.92 Å². The molecule has 4 aromatic carbocycles. The number of aromatic nitrogens is 2. The Bertz CT molecular complexity index is 1310. The number of aryl methyl sites for hydroxylation is 1. The van der Waals surface area contributed by atoms with Crippen LogP contribution in [-0.4, -0.2) is 14.7 Å². The highest BCUT2D eigenvalue weighted by atomic mass is 16.5. The summed E-state index contributed by atoms with van der Waals surface area (Å²) in [7, 11) is 0. The zero-order valence-corrected chi connectivity index (χ0v) is 16.5. The Kier molecular flexibility index (Phi) is 4.45. The summed E-state index contributed by atoms with van der Waals surface area (Å²) >= 11 is 0. The standard InChI is InChI=1S/C26H20N2O2/c1-18-7-9-20(10-8-18)28-25-17-23(30-22-13-11-21(29)12-14-22)15-16-24(25)27-26(28)19-5-3-2-4-6-19/h2-17,29H,1H3. The molecular formula is C26H20N2O2. The Labute approximate surface area is 174 Å². The number of fused-ring (bicyclic) bond motifs is 1. The van der Waals surface area contributed by atoms with Crippen LogP contribution in [0.15, 0.2) is 97.1 Å². The molecule has 1 N–H and O–H groups in total. The van der Waals surface area contributed by atoms with Crippen LogP contribution in [0.2, 0.25) is 0 Å². The smallest absolute Gasteiger partial charge is 0.145 e. The molecule has 5 aromatic rings. The van der Waals surface area contributed by atoms with Crippen LogP contribution in [0.4, 0.5) is 0 Å². The first kappa shape index (κ1) is 18.0. The number of benzene rings is 4. The molecule has 0 amide bonds. The maximum Gasteiger partial charge on any atom is 0.145 e. The normalized spacial score (nSPS) is 11.0. The molecule has 0 saturated heterocycles. The van der Waals surface area contributed by atoms with Gasteiger partial charge in [-0.05, 0) is 55.5 Å². The van der Waals surface area contributed by atoms with E-state index in [-0.39, 0.29) is 5.75 Å². The highest BCUT2D eigenvalue weighted by molar-refractivity contribution is 5.84. The first-order valence-electron chi connectivity index (χ1n) is 9.79. The third-order valence-electron chi connectivity index (χ3n) is 5.02. The lowest BCUT2D eigenvalue weighted by Gasteiger charge is -2.11. The van der Waals surface area contributed by atoms with E-state index in [1.807, 2.05) is 36.4 Å². The van der Waals surface area contributed by atoms with Crippen LogP contribution >= 0.6 is 0 Å². The minimum atomic E-state index is 0.211. The van der Waals surface area contributed by atoms with E-state index in [9.17, 15) is 5.11 Å². The molecule has 0 unspecified atom stereocenters.